The number of likely N-dealkylation sites (tertiary alicyclic amines) is 1. The van der Waals surface area contributed by atoms with Crippen LogP contribution in [0.5, 0.6) is 0 Å². The second-order valence-electron chi connectivity index (χ2n) is 5.10. The predicted octanol–water partition coefficient (Wildman–Crippen LogP) is -0.184. The lowest BCUT2D eigenvalue weighted by Crippen LogP contribution is -2.27. The van der Waals surface area contributed by atoms with Crippen LogP contribution in [0.25, 0.3) is 0 Å². The van der Waals surface area contributed by atoms with Gasteiger partial charge in [0.1, 0.15) is 0 Å². The van der Waals surface area contributed by atoms with Crippen molar-refractivity contribution in [1.29, 1.82) is 0 Å². The Morgan fingerprint density at radius 2 is 1.95 bits per heavy atom. The highest BCUT2D eigenvalue weighted by atomic mass is 32.2. The summed E-state index contributed by atoms with van der Waals surface area (Å²) in [5, 5.41) is 14.3. The van der Waals surface area contributed by atoms with Crippen molar-refractivity contribution >= 4 is 15.9 Å². The van der Waals surface area contributed by atoms with Gasteiger partial charge in [-0.3, -0.25) is 4.79 Å². The second-order valence-corrected chi connectivity index (χ2v) is 6.76. The zero-order chi connectivity index (χ0) is 14.8. The van der Waals surface area contributed by atoms with Gasteiger partial charge in [-0.2, -0.15) is 0 Å². The van der Waals surface area contributed by atoms with Crippen LogP contribution in [0.4, 0.5) is 0 Å². The highest BCUT2D eigenvalue weighted by molar-refractivity contribution is 7.89. The fraction of sp³-hybridized carbons (Fsp3) is 0.462. The van der Waals surface area contributed by atoms with Crippen LogP contribution in [0.2, 0.25) is 0 Å². The van der Waals surface area contributed by atoms with Crippen LogP contribution >= 0.6 is 0 Å². The smallest absolute Gasteiger partial charge is 0.223 e. The Bertz CT molecular complexity index is 600. The first kappa shape index (κ1) is 15.0. The van der Waals surface area contributed by atoms with E-state index in [2.05, 4.69) is 0 Å². The Hall–Kier alpha value is -1.44. The van der Waals surface area contributed by atoms with Gasteiger partial charge in [0.05, 0.1) is 12.4 Å². The number of amides is 1. The molecule has 1 saturated heterocycles. The summed E-state index contributed by atoms with van der Waals surface area (Å²) in [7, 11) is -3.56. The third-order valence-electron chi connectivity index (χ3n) is 3.41. The van der Waals surface area contributed by atoms with Gasteiger partial charge in [-0.05, 0) is 11.1 Å². The summed E-state index contributed by atoms with van der Waals surface area (Å²) < 4.78 is 22.1. The fourth-order valence-corrected chi connectivity index (χ4v) is 3.40. The summed E-state index contributed by atoms with van der Waals surface area (Å²) in [6.45, 7) is 0.685. The number of carbonyl (C=O) groups excluding carboxylic acids is 1. The number of hydrogen-bond donors (Lipinski definition) is 2. The average Bonchev–Trinajstić information content (AvgIpc) is 2.68. The van der Waals surface area contributed by atoms with E-state index in [0.29, 0.717) is 13.1 Å². The molecular formula is C13H18N2O4S. The highest BCUT2D eigenvalue weighted by Gasteiger charge is 2.32. The molecule has 1 aliphatic heterocycles. The molecule has 0 bridgehead atoms. The molecule has 1 unspecified atom stereocenters. The van der Waals surface area contributed by atoms with Crippen molar-refractivity contribution in [2.75, 3.05) is 12.3 Å². The van der Waals surface area contributed by atoms with E-state index in [-0.39, 0.29) is 30.6 Å². The first-order valence-electron chi connectivity index (χ1n) is 6.35. The van der Waals surface area contributed by atoms with Crippen molar-refractivity contribution in [2.45, 2.75) is 19.6 Å². The van der Waals surface area contributed by atoms with Crippen LogP contribution < -0.4 is 5.14 Å². The summed E-state index contributed by atoms with van der Waals surface area (Å²) in [5.74, 6) is -0.498. The maximum atomic E-state index is 11.9. The first-order chi connectivity index (χ1) is 9.39. The SMILES string of the molecule is NS(=O)(=O)CC1CC(=O)N(Cc2ccccc2CO)C1. The molecule has 1 fully saturated rings. The lowest BCUT2D eigenvalue weighted by atomic mass is 10.1. The average molecular weight is 298 g/mol. The minimum Gasteiger partial charge on any atom is -0.392 e. The first-order valence-corrected chi connectivity index (χ1v) is 8.06. The maximum absolute atomic E-state index is 11.9. The van der Waals surface area contributed by atoms with E-state index in [4.69, 9.17) is 5.14 Å². The molecule has 2 rings (SSSR count). The summed E-state index contributed by atoms with van der Waals surface area (Å²) in [5.41, 5.74) is 1.65. The minimum absolute atomic E-state index is 0.0774. The molecule has 1 aliphatic rings. The van der Waals surface area contributed by atoms with Gasteiger partial charge >= 0.3 is 0 Å². The van der Waals surface area contributed by atoms with E-state index in [1.165, 1.54) is 0 Å². The molecule has 20 heavy (non-hydrogen) atoms. The van der Waals surface area contributed by atoms with Gasteiger partial charge in [0.15, 0.2) is 0 Å². The Kier molecular flexibility index (Phi) is 4.42. The summed E-state index contributed by atoms with van der Waals surface area (Å²) >= 11 is 0. The van der Waals surface area contributed by atoms with Gasteiger partial charge in [-0.1, -0.05) is 24.3 Å². The Morgan fingerprint density at radius 3 is 2.55 bits per heavy atom. The molecule has 1 atom stereocenters. The van der Waals surface area contributed by atoms with Crippen LogP contribution in [-0.4, -0.2) is 36.6 Å². The van der Waals surface area contributed by atoms with E-state index in [1.54, 1.807) is 11.0 Å². The summed E-state index contributed by atoms with van der Waals surface area (Å²) in [6.07, 6.45) is 0.206. The van der Waals surface area contributed by atoms with Gasteiger partial charge in [0.25, 0.3) is 0 Å². The van der Waals surface area contributed by atoms with E-state index in [9.17, 15) is 18.3 Å². The molecule has 3 N–H and O–H groups in total. The number of primary sulfonamides is 1. The highest BCUT2D eigenvalue weighted by Crippen LogP contribution is 2.22. The minimum atomic E-state index is -3.56. The fourth-order valence-electron chi connectivity index (χ4n) is 2.52. The van der Waals surface area contributed by atoms with Crippen molar-refractivity contribution < 1.29 is 18.3 Å². The lowest BCUT2D eigenvalue weighted by Gasteiger charge is -2.18. The second kappa shape index (κ2) is 5.90. The number of nitrogens with two attached hydrogens (primary N) is 1. The van der Waals surface area contributed by atoms with Crippen molar-refractivity contribution in [1.82, 2.24) is 4.90 Å². The van der Waals surface area contributed by atoms with E-state index >= 15 is 0 Å². The molecule has 0 saturated carbocycles. The normalized spacial score (nSPS) is 19.6. The van der Waals surface area contributed by atoms with E-state index in [0.717, 1.165) is 11.1 Å². The van der Waals surface area contributed by atoms with Crippen LogP contribution in [-0.2, 0) is 28.0 Å². The van der Waals surface area contributed by atoms with E-state index < -0.39 is 10.0 Å². The molecular weight excluding hydrogens is 280 g/mol. The third kappa shape index (κ3) is 3.78. The van der Waals surface area contributed by atoms with Crippen LogP contribution in [0.3, 0.4) is 0 Å². The van der Waals surface area contributed by atoms with Gasteiger partial charge in [0.2, 0.25) is 15.9 Å². The predicted molar refractivity (Wildman–Crippen MR) is 73.9 cm³/mol. The zero-order valence-electron chi connectivity index (χ0n) is 11.0. The standard InChI is InChI=1S/C13H18N2O4S/c14-20(18,19)9-10-5-13(17)15(6-10)7-11-3-1-2-4-12(11)8-16/h1-4,10,16H,5-9H2,(H2,14,18,19). The molecule has 0 spiro atoms. The van der Waals surface area contributed by atoms with Gasteiger partial charge in [-0.15, -0.1) is 0 Å². The van der Waals surface area contributed by atoms with Crippen molar-refractivity contribution in [3.63, 3.8) is 0 Å². The monoisotopic (exact) mass is 298 g/mol. The van der Waals surface area contributed by atoms with Crippen LogP contribution in [0, 0.1) is 5.92 Å². The lowest BCUT2D eigenvalue weighted by molar-refractivity contribution is -0.128. The molecule has 7 heteroatoms. The third-order valence-corrected chi connectivity index (χ3v) is 4.35. The molecule has 1 heterocycles. The number of rotatable bonds is 5. The number of carbonyl (C=O) groups is 1. The molecule has 1 amide bonds. The van der Waals surface area contributed by atoms with Crippen LogP contribution in [0.15, 0.2) is 24.3 Å². The molecule has 0 aliphatic carbocycles. The van der Waals surface area contributed by atoms with Gasteiger partial charge in [0, 0.05) is 25.4 Å². The number of aliphatic hydroxyl groups is 1. The summed E-state index contributed by atoms with van der Waals surface area (Å²) in [4.78, 5) is 13.5. The van der Waals surface area contributed by atoms with Gasteiger partial charge in [-0.25, -0.2) is 13.6 Å². The Labute approximate surface area is 118 Å². The quantitative estimate of drug-likeness (QED) is 0.787. The number of nitrogens with zero attached hydrogens (tertiary/aromatic N) is 1. The number of sulfonamides is 1. The number of aliphatic hydroxyl groups excluding tert-OH is 1. The van der Waals surface area contributed by atoms with Crippen molar-refractivity contribution in [2.24, 2.45) is 11.1 Å². The Balaban J connectivity index is 2.05. The Morgan fingerprint density at radius 1 is 1.30 bits per heavy atom. The molecule has 1 aromatic rings. The summed E-state index contributed by atoms with van der Waals surface area (Å²) in [6, 6.07) is 7.32. The number of benzene rings is 1. The maximum Gasteiger partial charge on any atom is 0.223 e. The molecule has 1 aromatic carbocycles. The van der Waals surface area contributed by atoms with Crippen LogP contribution in [0.1, 0.15) is 17.5 Å². The molecule has 110 valence electrons. The topological polar surface area (TPSA) is 101 Å². The molecule has 0 aromatic heterocycles. The molecule has 0 radical (unpaired) electrons. The number of hydrogen-bond acceptors (Lipinski definition) is 4. The van der Waals surface area contributed by atoms with Crippen molar-refractivity contribution in [3.05, 3.63) is 35.4 Å². The largest absolute Gasteiger partial charge is 0.392 e. The van der Waals surface area contributed by atoms with Gasteiger partial charge < -0.3 is 10.0 Å². The zero-order valence-corrected chi connectivity index (χ0v) is 11.8. The van der Waals surface area contributed by atoms with Crippen molar-refractivity contribution in [3.8, 4) is 0 Å². The van der Waals surface area contributed by atoms with E-state index in [1.807, 2.05) is 18.2 Å². The molecule has 6 nitrogen and oxygen atoms in total.